The Bertz CT molecular complexity index is 474. The minimum atomic E-state index is -4.55. The first-order valence-corrected chi connectivity index (χ1v) is 3.52. The molecule has 0 unspecified atom stereocenters. The van der Waals surface area contributed by atoms with Gasteiger partial charge in [-0.2, -0.15) is 18.2 Å². The van der Waals surface area contributed by atoms with E-state index in [9.17, 15) is 13.2 Å². The largest absolute Gasteiger partial charge is 0.437 e. The molecule has 2 aromatic rings. The van der Waals surface area contributed by atoms with Crippen molar-refractivity contribution in [3.63, 3.8) is 0 Å². The lowest BCUT2D eigenvalue weighted by molar-refractivity contribution is -0.140. The monoisotopic (exact) mass is 203 g/mol. The van der Waals surface area contributed by atoms with Gasteiger partial charge in [-0.1, -0.05) is 0 Å². The highest BCUT2D eigenvalue weighted by molar-refractivity contribution is 5.47. The Balaban J connectivity index is 2.77. The molecular formula is C6H4F3N5. The molecule has 0 amide bonds. The summed E-state index contributed by atoms with van der Waals surface area (Å²) in [5.41, 5.74) is 3.68. The van der Waals surface area contributed by atoms with Crippen LogP contribution in [0.25, 0.3) is 5.65 Å². The topological polar surface area (TPSA) is 69.1 Å². The third kappa shape index (κ3) is 1.24. The Morgan fingerprint density at radius 1 is 1.36 bits per heavy atom. The van der Waals surface area contributed by atoms with Gasteiger partial charge in [0.25, 0.3) is 0 Å². The number of nitrogens with two attached hydrogens (primary N) is 1. The zero-order chi connectivity index (χ0) is 10.3. The summed E-state index contributed by atoms with van der Waals surface area (Å²) in [6.45, 7) is 0. The van der Waals surface area contributed by atoms with E-state index in [1.54, 1.807) is 0 Å². The van der Waals surface area contributed by atoms with Crippen molar-refractivity contribution in [2.45, 2.75) is 6.18 Å². The van der Waals surface area contributed by atoms with Gasteiger partial charge in [0, 0.05) is 12.4 Å². The highest BCUT2D eigenvalue weighted by atomic mass is 19.4. The number of hydrogen-bond acceptors (Lipinski definition) is 4. The van der Waals surface area contributed by atoms with Gasteiger partial charge in [0.15, 0.2) is 11.3 Å². The predicted molar refractivity (Wildman–Crippen MR) is 40.2 cm³/mol. The van der Waals surface area contributed by atoms with E-state index in [-0.39, 0.29) is 5.95 Å². The summed E-state index contributed by atoms with van der Waals surface area (Å²) in [7, 11) is 0. The van der Waals surface area contributed by atoms with Crippen molar-refractivity contribution in [3.8, 4) is 0 Å². The summed E-state index contributed by atoms with van der Waals surface area (Å²) >= 11 is 0. The highest BCUT2D eigenvalue weighted by Crippen LogP contribution is 2.29. The van der Waals surface area contributed by atoms with Crippen LogP contribution in [-0.2, 0) is 6.18 Å². The molecule has 0 aliphatic rings. The Kier molecular flexibility index (Phi) is 1.60. The average Bonchev–Trinajstić information content (AvgIpc) is 2.41. The van der Waals surface area contributed by atoms with Gasteiger partial charge >= 0.3 is 6.18 Å². The lowest BCUT2D eigenvalue weighted by Crippen LogP contribution is -2.10. The molecule has 0 aromatic carbocycles. The minimum Gasteiger partial charge on any atom is -0.366 e. The maximum atomic E-state index is 12.3. The number of fused-ring (bicyclic) bond motifs is 1. The van der Waals surface area contributed by atoms with E-state index >= 15 is 0 Å². The van der Waals surface area contributed by atoms with Crippen LogP contribution in [0.1, 0.15) is 5.69 Å². The number of rotatable bonds is 0. The molecule has 0 saturated carbocycles. The Morgan fingerprint density at radius 3 is 2.71 bits per heavy atom. The Hall–Kier alpha value is -1.86. The average molecular weight is 203 g/mol. The summed E-state index contributed by atoms with van der Waals surface area (Å²) in [5.74, 6) is -0.219. The van der Waals surface area contributed by atoms with Gasteiger partial charge in [0.05, 0.1) is 0 Å². The molecule has 74 valence electrons. The van der Waals surface area contributed by atoms with E-state index in [1.165, 1.54) is 6.20 Å². The number of halogens is 3. The van der Waals surface area contributed by atoms with Crippen molar-refractivity contribution in [1.29, 1.82) is 0 Å². The fourth-order valence-corrected chi connectivity index (χ4v) is 1.03. The molecule has 2 N–H and O–H groups in total. The van der Waals surface area contributed by atoms with Gasteiger partial charge in [0.1, 0.15) is 0 Å². The third-order valence-corrected chi connectivity index (χ3v) is 1.54. The molecule has 8 heteroatoms. The Labute approximate surface area is 75.4 Å². The molecule has 2 heterocycles. The van der Waals surface area contributed by atoms with E-state index in [2.05, 4.69) is 15.1 Å². The van der Waals surface area contributed by atoms with Gasteiger partial charge in [-0.05, 0) is 0 Å². The lowest BCUT2D eigenvalue weighted by Gasteiger charge is -2.04. The van der Waals surface area contributed by atoms with Crippen LogP contribution in [0, 0.1) is 0 Å². The molecule has 0 fully saturated rings. The molecule has 0 bridgehead atoms. The lowest BCUT2D eigenvalue weighted by atomic mass is 10.4. The number of hydrogen-bond donors (Lipinski definition) is 1. The summed E-state index contributed by atoms with van der Waals surface area (Å²) in [4.78, 5) is 6.61. The van der Waals surface area contributed by atoms with Crippen LogP contribution in [0.15, 0.2) is 12.4 Å². The second kappa shape index (κ2) is 2.56. The van der Waals surface area contributed by atoms with Crippen LogP contribution in [0.3, 0.4) is 0 Å². The SMILES string of the molecule is Nc1nc2c(C(F)(F)F)nccn2n1. The maximum absolute atomic E-state index is 12.3. The minimum absolute atomic E-state index is 0.219. The van der Waals surface area contributed by atoms with Gasteiger partial charge in [-0.15, -0.1) is 5.10 Å². The number of anilines is 1. The third-order valence-electron chi connectivity index (χ3n) is 1.54. The molecular weight excluding hydrogens is 199 g/mol. The first kappa shape index (κ1) is 8.73. The summed E-state index contributed by atoms with van der Waals surface area (Å²) < 4.78 is 38.0. The van der Waals surface area contributed by atoms with Crippen LogP contribution < -0.4 is 5.73 Å². The normalized spacial score (nSPS) is 12.2. The van der Waals surface area contributed by atoms with Crippen molar-refractivity contribution in [3.05, 3.63) is 18.1 Å². The van der Waals surface area contributed by atoms with Crippen LogP contribution in [0.4, 0.5) is 19.1 Å². The fourth-order valence-electron chi connectivity index (χ4n) is 1.03. The van der Waals surface area contributed by atoms with Crippen LogP contribution in [0.5, 0.6) is 0 Å². The standard InChI is InChI=1S/C6H4F3N5/c7-6(8,9)3-4-12-5(10)13-14(4)2-1-11-3/h1-2H,(H2,10,13). The summed E-state index contributed by atoms with van der Waals surface area (Å²) in [6, 6.07) is 0. The molecule has 0 saturated heterocycles. The van der Waals surface area contributed by atoms with Crippen molar-refractivity contribution in [1.82, 2.24) is 19.6 Å². The highest BCUT2D eigenvalue weighted by Gasteiger charge is 2.36. The second-order valence-electron chi connectivity index (χ2n) is 2.51. The number of nitrogens with zero attached hydrogens (tertiary/aromatic N) is 4. The molecule has 5 nitrogen and oxygen atoms in total. The van der Waals surface area contributed by atoms with Crippen molar-refractivity contribution in [2.24, 2.45) is 0 Å². The molecule has 0 spiro atoms. The number of alkyl halides is 3. The van der Waals surface area contributed by atoms with Crippen LogP contribution in [-0.4, -0.2) is 19.6 Å². The van der Waals surface area contributed by atoms with Gasteiger partial charge < -0.3 is 5.73 Å². The van der Waals surface area contributed by atoms with Gasteiger partial charge in [-0.3, -0.25) is 0 Å². The molecule has 2 rings (SSSR count). The van der Waals surface area contributed by atoms with E-state index in [0.29, 0.717) is 0 Å². The molecule has 0 aliphatic heterocycles. The van der Waals surface area contributed by atoms with E-state index in [0.717, 1.165) is 10.7 Å². The molecule has 0 aliphatic carbocycles. The predicted octanol–water partition coefficient (Wildman–Crippen LogP) is 0.725. The zero-order valence-electron chi connectivity index (χ0n) is 6.65. The van der Waals surface area contributed by atoms with Crippen molar-refractivity contribution in [2.75, 3.05) is 5.73 Å². The van der Waals surface area contributed by atoms with E-state index in [1.807, 2.05) is 0 Å². The number of aromatic nitrogens is 4. The quantitative estimate of drug-likeness (QED) is 0.685. The fraction of sp³-hybridized carbons (Fsp3) is 0.167. The molecule has 2 aromatic heterocycles. The van der Waals surface area contributed by atoms with Crippen molar-refractivity contribution >= 4 is 11.6 Å². The summed E-state index contributed by atoms with van der Waals surface area (Å²) in [5, 5.41) is 3.53. The van der Waals surface area contributed by atoms with Crippen LogP contribution >= 0.6 is 0 Å². The molecule has 14 heavy (non-hydrogen) atoms. The summed E-state index contributed by atoms with van der Waals surface area (Å²) in [6.07, 6.45) is -2.32. The second-order valence-corrected chi connectivity index (χ2v) is 2.51. The van der Waals surface area contributed by atoms with E-state index in [4.69, 9.17) is 5.73 Å². The van der Waals surface area contributed by atoms with Crippen molar-refractivity contribution < 1.29 is 13.2 Å². The molecule has 0 atom stereocenters. The maximum Gasteiger partial charge on any atom is 0.437 e. The Morgan fingerprint density at radius 2 is 2.07 bits per heavy atom. The number of nitrogen functional groups attached to an aromatic ring is 1. The zero-order valence-corrected chi connectivity index (χ0v) is 6.65. The van der Waals surface area contributed by atoms with E-state index < -0.39 is 17.5 Å². The smallest absolute Gasteiger partial charge is 0.366 e. The van der Waals surface area contributed by atoms with Gasteiger partial charge in [-0.25, -0.2) is 9.50 Å². The van der Waals surface area contributed by atoms with Gasteiger partial charge in [0.2, 0.25) is 5.95 Å². The molecule has 0 radical (unpaired) electrons. The first-order valence-electron chi connectivity index (χ1n) is 3.52. The van der Waals surface area contributed by atoms with Crippen LogP contribution in [0.2, 0.25) is 0 Å². The first-order chi connectivity index (χ1) is 6.48.